The van der Waals surface area contributed by atoms with E-state index in [0.717, 1.165) is 11.8 Å². The zero-order chi connectivity index (χ0) is 14.6. The van der Waals surface area contributed by atoms with Crippen LogP contribution in [-0.2, 0) is 10.1 Å². The summed E-state index contributed by atoms with van der Waals surface area (Å²) in [5, 5.41) is 21.0. The maximum absolute atomic E-state index is 10.7. The van der Waals surface area contributed by atoms with Crippen LogP contribution in [0.2, 0.25) is 0 Å². The van der Waals surface area contributed by atoms with Crippen LogP contribution in [0, 0.1) is 0 Å². The number of tetrazole rings is 1. The summed E-state index contributed by atoms with van der Waals surface area (Å²) in [5.74, 6) is -0.0119. The average molecular weight is 316 g/mol. The third-order valence-electron chi connectivity index (χ3n) is 2.32. The molecule has 10 heteroatoms. The van der Waals surface area contributed by atoms with Gasteiger partial charge in [0.1, 0.15) is 0 Å². The molecule has 0 aromatic carbocycles. The number of aliphatic hydroxyl groups excluding tert-OH is 1. The van der Waals surface area contributed by atoms with E-state index in [-0.39, 0.29) is 17.3 Å². The lowest BCUT2D eigenvalue weighted by atomic mass is 10.3. The fourth-order valence-electron chi connectivity index (χ4n) is 1.42. The van der Waals surface area contributed by atoms with Gasteiger partial charge in [-0.2, -0.15) is 13.1 Å². The second-order valence-corrected chi connectivity index (χ2v) is 6.50. The van der Waals surface area contributed by atoms with E-state index in [1.807, 2.05) is 0 Å². The van der Waals surface area contributed by atoms with E-state index < -0.39 is 10.1 Å². The van der Waals surface area contributed by atoms with Crippen LogP contribution in [0.25, 0.3) is 5.70 Å². The minimum absolute atomic E-state index is 0.136. The summed E-state index contributed by atoms with van der Waals surface area (Å²) in [6, 6.07) is 0. The third kappa shape index (κ3) is 4.18. The first-order valence-electron chi connectivity index (χ1n) is 5.59. The maximum Gasteiger partial charge on any atom is 0.265 e. The van der Waals surface area contributed by atoms with Crippen LogP contribution in [0.15, 0.2) is 35.2 Å². The molecular formula is C10H12N4O4S2. The summed E-state index contributed by atoms with van der Waals surface area (Å²) in [4.78, 5) is 0. The van der Waals surface area contributed by atoms with Gasteiger partial charge in [0.25, 0.3) is 10.1 Å². The van der Waals surface area contributed by atoms with Gasteiger partial charge in [0, 0.05) is 12.2 Å². The second kappa shape index (κ2) is 6.20. The molecule has 1 aliphatic carbocycles. The van der Waals surface area contributed by atoms with Crippen molar-refractivity contribution in [1.29, 1.82) is 0 Å². The first-order chi connectivity index (χ1) is 9.46. The number of thioether (sulfide) groups is 1. The normalized spacial score (nSPS) is 15.7. The van der Waals surface area contributed by atoms with Crippen molar-refractivity contribution in [2.45, 2.75) is 11.6 Å². The molecule has 8 nitrogen and oxygen atoms in total. The van der Waals surface area contributed by atoms with Crippen LogP contribution in [-0.4, -0.2) is 49.8 Å². The van der Waals surface area contributed by atoms with E-state index in [1.165, 1.54) is 4.68 Å². The van der Waals surface area contributed by atoms with Gasteiger partial charge in [-0.05, 0) is 28.7 Å². The Morgan fingerprint density at radius 3 is 2.95 bits per heavy atom. The molecule has 0 amide bonds. The number of rotatable bonds is 5. The lowest BCUT2D eigenvalue weighted by molar-refractivity contribution is 0.402. The Balaban J connectivity index is 2.13. The van der Waals surface area contributed by atoms with Crippen molar-refractivity contribution in [3.05, 3.63) is 30.1 Å². The maximum atomic E-state index is 10.7. The molecule has 1 aromatic rings. The number of aliphatic hydroxyl groups is 1. The second-order valence-electron chi connectivity index (χ2n) is 3.86. The fourth-order valence-corrected chi connectivity index (χ4v) is 3.13. The van der Waals surface area contributed by atoms with Crippen LogP contribution in [0.1, 0.15) is 6.42 Å². The molecule has 108 valence electrons. The van der Waals surface area contributed by atoms with Crippen LogP contribution < -0.4 is 0 Å². The molecule has 0 aliphatic heterocycles. The Hall–Kier alpha value is -1.65. The zero-order valence-electron chi connectivity index (χ0n) is 10.2. The summed E-state index contributed by atoms with van der Waals surface area (Å²) >= 11 is 1.11. The molecule has 0 bridgehead atoms. The van der Waals surface area contributed by atoms with E-state index in [9.17, 15) is 13.5 Å². The molecule has 0 unspecified atom stereocenters. The third-order valence-corrected chi connectivity index (χ3v) is 4.22. The van der Waals surface area contributed by atoms with E-state index in [2.05, 4.69) is 15.5 Å². The van der Waals surface area contributed by atoms with Gasteiger partial charge in [-0.1, -0.05) is 17.8 Å². The Morgan fingerprint density at radius 1 is 1.40 bits per heavy atom. The summed E-state index contributed by atoms with van der Waals surface area (Å²) in [6.07, 6.45) is 7.14. The van der Waals surface area contributed by atoms with Crippen molar-refractivity contribution in [3.63, 3.8) is 0 Å². The Morgan fingerprint density at radius 2 is 2.20 bits per heavy atom. The van der Waals surface area contributed by atoms with E-state index in [4.69, 9.17) is 4.55 Å². The zero-order valence-corrected chi connectivity index (χ0v) is 11.9. The predicted octanol–water partition coefficient (Wildman–Crippen LogP) is 0.896. The van der Waals surface area contributed by atoms with Crippen molar-refractivity contribution in [2.75, 3.05) is 11.5 Å². The van der Waals surface area contributed by atoms with Gasteiger partial charge < -0.3 is 5.11 Å². The molecule has 1 aliphatic rings. The number of aromatic nitrogens is 4. The molecule has 0 spiro atoms. The first kappa shape index (κ1) is 14.8. The molecule has 2 N–H and O–H groups in total. The van der Waals surface area contributed by atoms with Gasteiger partial charge in [-0.25, -0.2) is 0 Å². The highest BCUT2D eigenvalue weighted by atomic mass is 32.2. The highest BCUT2D eigenvalue weighted by Gasteiger charge is 2.12. The summed E-state index contributed by atoms with van der Waals surface area (Å²) in [7, 11) is -4.00. The average Bonchev–Trinajstić information content (AvgIpc) is 2.70. The predicted molar refractivity (Wildman–Crippen MR) is 73.7 cm³/mol. The van der Waals surface area contributed by atoms with Crippen molar-refractivity contribution in [3.8, 4) is 0 Å². The van der Waals surface area contributed by atoms with Gasteiger partial charge in [0.2, 0.25) is 5.16 Å². The number of hydrogen-bond acceptors (Lipinski definition) is 7. The summed E-state index contributed by atoms with van der Waals surface area (Å²) in [5.41, 5.74) is 0.647. The Bertz CT molecular complexity index is 675. The Labute approximate surface area is 119 Å². The number of hydrogen-bond donors (Lipinski definition) is 2. The molecule has 1 heterocycles. The molecule has 0 saturated carbocycles. The molecule has 0 atom stereocenters. The lowest BCUT2D eigenvalue weighted by Crippen LogP contribution is -2.07. The monoisotopic (exact) mass is 316 g/mol. The Kier molecular flexibility index (Phi) is 4.57. The SMILES string of the molecule is O=S(=O)(O)CCSc1nnnn1C1=CC=C(O)CC=C1. The van der Waals surface area contributed by atoms with Crippen molar-refractivity contribution in [2.24, 2.45) is 0 Å². The van der Waals surface area contributed by atoms with E-state index in [0.29, 0.717) is 17.3 Å². The molecule has 0 fully saturated rings. The van der Waals surface area contributed by atoms with E-state index in [1.54, 1.807) is 24.3 Å². The van der Waals surface area contributed by atoms with Gasteiger partial charge in [-0.3, -0.25) is 4.55 Å². The van der Waals surface area contributed by atoms with Gasteiger partial charge in [0.15, 0.2) is 0 Å². The molecule has 1 aromatic heterocycles. The van der Waals surface area contributed by atoms with Crippen LogP contribution in [0.4, 0.5) is 0 Å². The smallest absolute Gasteiger partial charge is 0.265 e. The van der Waals surface area contributed by atoms with Crippen molar-refractivity contribution < 1.29 is 18.1 Å². The van der Waals surface area contributed by atoms with Gasteiger partial charge in [0.05, 0.1) is 17.2 Å². The van der Waals surface area contributed by atoms with E-state index >= 15 is 0 Å². The molecule has 0 saturated heterocycles. The van der Waals surface area contributed by atoms with Gasteiger partial charge >= 0.3 is 0 Å². The molecular weight excluding hydrogens is 304 g/mol. The van der Waals surface area contributed by atoms with Crippen LogP contribution >= 0.6 is 11.8 Å². The molecule has 2 rings (SSSR count). The van der Waals surface area contributed by atoms with Gasteiger partial charge in [-0.15, -0.1) is 5.10 Å². The summed E-state index contributed by atoms with van der Waals surface area (Å²) < 4.78 is 31.4. The standard InChI is InChI=1S/C10H12N4O4S2/c15-9-3-1-2-8(4-5-9)14-10(11-12-13-14)19-6-7-20(16,17)18/h1-2,4-5,15H,3,6-7H2,(H,16,17,18). The topological polar surface area (TPSA) is 118 Å². The quantitative estimate of drug-likeness (QED) is 0.607. The largest absolute Gasteiger partial charge is 0.512 e. The number of nitrogens with zero attached hydrogens (tertiary/aromatic N) is 4. The minimum atomic E-state index is -4.00. The lowest BCUT2D eigenvalue weighted by Gasteiger charge is -2.03. The van der Waals surface area contributed by atoms with Crippen LogP contribution in [0.5, 0.6) is 0 Å². The van der Waals surface area contributed by atoms with Crippen molar-refractivity contribution >= 4 is 27.6 Å². The summed E-state index contributed by atoms with van der Waals surface area (Å²) in [6.45, 7) is 0. The molecule has 20 heavy (non-hydrogen) atoms. The molecule has 0 radical (unpaired) electrons. The van der Waals surface area contributed by atoms with Crippen molar-refractivity contribution in [1.82, 2.24) is 20.2 Å². The highest BCUT2D eigenvalue weighted by molar-refractivity contribution is 8.00. The highest BCUT2D eigenvalue weighted by Crippen LogP contribution is 2.20. The minimum Gasteiger partial charge on any atom is -0.512 e. The fraction of sp³-hybridized carbons (Fsp3) is 0.300. The first-order valence-corrected chi connectivity index (χ1v) is 8.18. The number of allylic oxidation sites excluding steroid dienone is 5. The van der Waals surface area contributed by atoms with Crippen LogP contribution in [0.3, 0.4) is 0 Å².